The third-order valence-electron chi connectivity index (χ3n) is 3.59. The molecule has 1 atom stereocenters. The summed E-state index contributed by atoms with van der Waals surface area (Å²) >= 11 is 0. The highest BCUT2D eigenvalue weighted by atomic mass is 15.2. The second kappa shape index (κ2) is 9.46. The largest absolute Gasteiger partial charge is 0.357 e. The summed E-state index contributed by atoms with van der Waals surface area (Å²) in [5.74, 6) is 0.884. The zero-order valence-electron chi connectivity index (χ0n) is 15.0. The van der Waals surface area contributed by atoms with E-state index >= 15 is 0 Å². The standard InChI is InChI=1S/C18H32N4/c1-7-15-9-11-16(12-10-15)17(22(5)6)13-20-18(19-8-2)21-14(3)4/h9-12,14,17H,7-8,13H2,1-6H3,(H2,19,20,21). The SMILES string of the molecule is CCNC(=NCC(c1ccc(CC)cc1)N(C)C)NC(C)C. The normalized spacial score (nSPS) is 13.5. The fourth-order valence-electron chi connectivity index (χ4n) is 2.31. The number of nitrogens with one attached hydrogen (secondary N) is 2. The van der Waals surface area contributed by atoms with Gasteiger partial charge in [-0.05, 0) is 52.4 Å². The van der Waals surface area contributed by atoms with Crippen molar-refractivity contribution in [2.45, 2.75) is 46.2 Å². The summed E-state index contributed by atoms with van der Waals surface area (Å²) in [5, 5.41) is 6.66. The van der Waals surface area contributed by atoms with E-state index in [1.54, 1.807) is 0 Å². The molecular weight excluding hydrogens is 272 g/mol. The number of guanidine groups is 1. The topological polar surface area (TPSA) is 39.7 Å². The van der Waals surface area contributed by atoms with Crippen LogP contribution in [0.3, 0.4) is 0 Å². The molecule has 0 aliphatic rings. The summed E-state index contributed by atoms with van der Waals surface area (Å²) in [6.45, 7) is 10.1. The predicted octanol–water partition coefficient (Wildman–Crippen LogP) is 2.82. The van der Waals surface area contributed by atoms with E-state index in [1.165, 1.54) is 11.1 Å². The van der Waals surface area contributed by atoms with Crippen molar-refractivity contribution in [2.24, 2.45) is 4.99 Å². The minimum Gasteiger partial charge on any atom is -0.357 e. The van der Waals surface area contributed by atoms with Crippen LogP contribution in [0.5, 0.6) is 0 Å². The van der Waals surface area contributed by atoms with Crippen molar-refractivity contribution in [1.82, 2.24) is 15.5 Å². The van der Waals surface area contributed by atoms with Crippen LogP contribution in [0.1, 0.15) is 44.9 Å². The number of rotatable bonds is 7. The lowest BCUT2D eigenvalue weighted by Crippen LogP contribution is -2.41. The van der Waals surface area contributed by atoms with Crippen LogP contribution in [-0.2, 0) is 6.42 Å². The summed E-state index contributed by atoms with van der Waals surface area (Å²) < 4.78 is 0. The maximum Gasteiger partial charge on any atom is 0.191 e. The van der Waals surface area contributed by atoms with Crippen LogP contribution in [0.2, 0.25) is 0 Å². The van der Waals surface area contributed by atoms with E-state index < -0.39 is 0 Å². The van der Waals surface area contributed by atoms with E-state index in [0.29, 0.717) is 6.04 Å². The first-order valence-corrected chi connectivity index (χ1v) is 8.28. The van der Waals surface area contributed by atoms with Crippen molar-refractivity contribution < 1.29 is 0 Å². The lowest BCUT2D eigenvalue weighted by atomic mass is 10.0. The van der Waals surface area contributed by atoms with Crippen LogP contribution in [0.4, 0.5) is 0 Å². The van der Waals surface area contributed by atoms with Crippen LogP contribution in [0, 0.1) is 0 Å². The van der Waals surface area contributed by atoms with Gasteiger partial charge in [0.05, 0.1) is 12.6 Å². The number of hydrogen-bond donors (Lipinski definition) is 2. The molecule has 0 aromatic heterocycles. The molecule has 1 unspecified atom stereocenters. The molecule has 0 aliphatic heterocycles. The molecule has 4 nitrogen and oxygen atoms in total. The van der Waals surface area contributed by atoms with Crippen molar-refractivity contribution in [3.8, 4) is 0 Å². The summed E-state index contributed by atoms with van der Waals surface area (Å²) in [5.41, 5.74) is 2.69. The average Bonchev–Trinajstić information content (AvgIpc) is 2.47. The number of nitrogens with zero attached hydrogens (tertiary/aromatic N) is 2. The van der Waals surface area contributed by atoms with Gasteiger partial charge in [-0.3, -0.25) is 4.99 Å². The van der Waals surface area contributed by atoms with Gasteiger partial charge in [0, 0.05) is 12.6 Å². The van der Waals surface area contributed by atoms with E-state index in [0.717, 1.165) is 25.5 Å². The van der Waals surface area contributed by atoms with Crippen molar-refractivity contribution in [3.05, 3.63) is 35.4 Å². The highest BCUT2D eigenvalue weighted by Crippen LogP contribution is 2.19. The Labute approximate surface area is 136 Å². The first kappa shape index (κ1) is 18.5. The molecule has 1 rings (SSSR count). The Bertz CT molecular complexity index is 449. The second-order valence-corrected chi connectivity index (χ2v) is 6.09. The molecule has 0 spiro atoms. The smallest absolute Gasteiger partial charge is 0.191 e. The molecule has 4 heteroatoms. The number of aliphatic imine (C=N–C) groups is 1. The average molecular weight is 304 g/mol. The molecule has 0 saturated heterocycles. The van der Waals surface area contributed by atoms with Gasteiger partial charge >= 0.3 is 0 Å². The highest BCUT2D eigenvalue weighted by molar-refractivity contribution is 5.80. The van der Waals surface area contributed by atoms with Crippen molar-refractivity contribution in [3.63, 3.8) is 0 Å². The van der Waals surface area contributed by atoms with Crippen LogP contribution in [-0.4, -0.2) is 44.1 Å². The fraction of sp³-hybridized carbons (Fsp3) is 0.611. The molecule has 0 aliphatic carbocycles. The van der Waals surface area contributed by atoms with E-state index in [4.69, 9.17) is 4.99 Å². The monoisotopic (exact) mass is 304 g/mol. The molecule has 2 N–H and O–H groups in total. The number of benzene rings is 1. The Morgan fingerprint density at radius 3 is 2.23 bits per heavy atom. The van der Waals surface area contributed by atoms with Crippen LogP contribution < -0.4 is 10.6 Å². The first-order chi connectivity index (χ1) is 10.5. The van der Waals surface area contributed by atoms with Gasteiger partial charge in [0.25, 0.3) is 0 Å². The van der Waals surface area contributed by atoms with Crippen LogP contribution in [0.15, 0.2) is 29.3 Å². The van der Waals surface area contributed by atoms with Crippen LogP contribution >= 0.6 is 0 Å². The van der Waals surface area contributed by atoms with Gasteiger partial charge in [-0.15, -0.1) is 0 Å². The Morgan fingerprint density at radius 1 is 1.14 bits per heavy atom. The third kappa shape index (κ3) is 6.06. The Balaban J connectivity index is 2.85. The zero-order chi connectivity index (χ0) is 16.5. The molecular formula is C18H32N4. The van der Waals surface area contributed by atoms with Gasteiger partial charge in [0.1, 0.15) is 0 Å². The van der Waals surface area contributed by atoms with Gasteiger partial charge in [0.2, 0.25) is 0 Å². The molecule has 0 bridgehead atoms. The fourth-order valence-corrected chi connectivity index (χ4v) is 2.31. The third-order valence-corrected chi connectivity index (χ3v) is 3.59. The zero-order valence-corrected chi connectivity index (χ0v) is 15.0. The van der Waals surface area contributed by atoms with Gasteiger partial charge in [-0.25, -0.2) is 0 Å². The Kier molecular flexibility index (Phi) is 7.96. The summed E-state index contributed by atoms with van der Waals surface area (Å²) in [4.78, 5) is 6.97. The van der Waals surface area contributed by atoms with Crippen molar-refractivity contribution in [1.29, 1.82) is 0 Å². The number of aryl methyl sites for hydroxylation is 1. The van der Waals surface area contributed by atoms with Gasteiger partial charge in [-0.2, -0.15) is 0 Å². The first-order valence-electron chi connectivity index (χ1n) is 8.28. The summed E-state index contributed by atoms with van der Waals surface area (Å²) in [6, 6.07) is 9.54. The molecule has 0 heterocycles. The molecule has 0 saturated carbocycles. The molecule has 1 aromatic rings. The summed E-state index contributed by atoms with van der Waals surface area (Å²) in [7, 11) is 4.22. The van der Waals surface area contributed by atoms with Gasteiger partial charge in [-0.1, -0.05) is 31.2 Å². The molecule has 0 amide bonds. The van der Waals surface area contributed by atoms with E-state index in [-0.39, 0.29) is 6.04 Å². The minimum atomic E-state index is 0.286. The molecule has 1 aromatic carbocycles. The van der Waals surface area contributed by atoms with E-state index in [9.17, 15) is 0 Å². The maximum atomic E-state index is 4.75. The lowest BCUT2D eigenvalue weighted by Gasteiger charge is -2.24. The Morgan fingerprint density at radius 2 is 1.77 bits per heavy atom. The highest BCUT2D eigenvalue weighted by Gasteiger charge is 2.14. The molecule has 124 valence electrons. The molecule has 22 heavy (non-hydrogen) atoms. The van der Waals surface area contributed by atoms with Gasteiger partial charge < -0.3 is 15.5 Å². The number of likely N-dealkylation sites (N-methyl/N-ethyl adjacent to an activating group) is 1. The van der Waals surface area contributed by atoms with E-state index in [1.807, 2.05) is 0 Å². The van der Waals surface area contributed by atoms with Crippen LogP contribution in [0.25, 0.3) is 0 Å². The maximum absolute atomic E-state index is 4.75. The molecule has 0 radical (unpaired) electrons. The van der Waals surface area contributed by atoms with Crippen molar-refractivity contribution >= 4 is 5.96 Å². The predicted molar refractivity (Wildman–Crippen MR) is 96.5 cm³/mol. The lowest BCUT2D eigenvalue weighted by molar-refractivity contribution is 0.306. The second-order valence-electron chi connectivity index (χ2n) is 6.09. The van der Waals surface area contributed by atoms with Gasteiger partial charge in [0.15, 0.2) is 5.96 Å². The number of hydrogen-bond acceptors (Lipinski definition) is 2. The van der Waals surface area contributed by atoms with E-state index in [2.05, 4.69) is 81.6 Å². The molecule has 0 fully saturated rings. The quantitative estimate of drug-likeness (QED) is 0.601. The summed E-state index contributed by atoms with van der Waals surface area (Å²) in [6.07, 6.45) is 1.08. The van der Waals surface area contributed by atoms with Crippen molar-refractivity contribution in [2.75, 3.05) is 27.2 Å². The minimum absolute atomic E-state index is 0.286. The Hall–Kier alpha value is -1.55.